The van der Waals surface area contributed by atoms with Gasteiger partial charge in [0.05, 0.1) is 41.1 Å². The molecule has 170 valence electrons. The zero-order valence-corrected chi connectivity index (χ0v) is 18.6. The predicted octanol–water partition coefficient (Wildman–Crippen LogP) is 2.25. The summed E-state index contributed by atoms with van der Waals surface area (Å²) in [6, 6.07) is 16.6. The Morgan fingerprint density at radius 3 is 2.42 bits per heavy atom. The van der Waals surface area contributed by atoms with E-state index in [4.69, 9.17) is 15.3 Å². The van der Waals surface area contributed by atoms with Crippen molar-refractivity contribution in [1.82, 2.24) is 4.90 Å². The number of para-hydroxylation sites is 1. The summed E-state index contributed by atoms with van der Waals surface area (Å²) in [4.78, 5) is 26.1. The molecule has 3 rings (SSSR count). The van der Waals surface area contributed by atoms with Crippen molar-refractivity contribution in [2.75, 3.05) is 30.5 Å². The zero-order chi connectivity index (χ0) is 23.8. The molecule has 0 saturated heterocycles. The van der Waals surface area contributed by atoms with Crippen LogP contribution in [0.5, 0.6) is 0 Å². The Labute approximate surface area is 192 Å². The number of fused-ring (bicyclic) bond motifs is 1. The molecule has 1 aliphatic heterocycles. The highest BCUT2D eigenvalue weighted by molar-refractivity contribution is 7.92. The Morgan fingerprint density at radius 1 is 1.03 bits per heavy atom. The molecular weight excluding hydrogens is 444 g/mol. The van der Waals surface area contributed by atoms with E-state index in [1.807, 2.05) is 24.3 Å². The highest BCUT2D eigenvalue weighted by Crippen LogP contribution is 2.32. The fourth-order valence-electron chi connectivity index (χ4n) is 3.50. The van der Waals surface area contributed by atoms with Crippen LogP contribution in [0.1, 0.15) is 28.8 Å². The summed E-state index contributed by atoms with van der Waals surface area (Å²) in [5, 5.41) is 17.4. The Kier molecular flexibility index (Phi) is 7.65. The number of ether oxygens (including phenoxy) is 1. The number of sulfonamides is 1. The molecule has 10 heteroatoms. The molecule has 2 aromatic rings. The largest absolute Gasteiger partial charge is 0.452 e. The number of benzene rings is 2. The van der Waals surface area contributed by atoms with Crippen LogP contribution < -0.4 is 4.31 Å². The Hall–Kier alpha value is -3.89. The number of carbonyl (C=O) groups excluding carboxylic acids is 2. The number of hydrogen-bond acceptors (Lipinski definition) is 7. The first-order valence-corrected chi connectivity index (χ1v) is 11.7. The Morgan fingerprint density at radius 2 is 1.73 bits per heavy atom. The maximum Gasteiger partial charge on any atom is 0.338 e. The minimum atomic E-state index is -3.88. The second-order valence-electron chi connectivity index (χ2n) is 7.26. The Balaban J connectivity index is 1.70. The van der Waals surface area contributed by atoms with Gasteiger partial charge in [0, 0.05) is 19.6 Å². The van der Waals surface area contributed by atoms with Gasteiger partial charge in [-0.3, -0.25) is 9.10 Å². The van der Waals surface area contributed by atoms with Crippen molar-refractivity contribution >= 4 is 27.6 Å². The maximum absolute atomic E-state index is 13.2. The number of rotatable bonds is 9. The van der Waals surface area contributed by atoms with Crippen molar-refractivity contribution in [3.8, 4) is 12.1 Å². The number of hydrogen-bond donors (Lipinski definition) is 0. The van der Waals surface area contributed by atoms with Gasteiger partial charge in [-0.1, -0.05) is 24.3 Å². The highest BCUT2D eigenvalue weighted by atomic mass is 32.2. The lowest BCUT2D eigenvalue weighted by Gasteiger charge is -2.20. The van der Waals surface area contributed by atoms with Gasteiger partial charge in [-0.2, -0.15) is 10.5 Å². The van der Waals surface area contributed by atoms with Crippen LogP contribution in [0.25, 0.3) is 0 Å². The standard InChI is InChI=1S/C23H22N4O5S/c24-11-4-13-26(14-5-12-25)22(28)17-32-23(29)19-7-3-8-20(16-19)33(30,31)27-15-10-18-6-1-2-9-21(18)27/h1-3,6-9,16H,4-5,10,13-15,17H2. The maximum atomic E-state index is 13.2. The fourth-order valence-corrected chi connectivity index (χ4v) is 5.05. The number of nitriles is 2. The number of esters is 1. The van der Waals surface area contributed by atoms with Gasteiger partial charge in [-0.15, -0.1) is 0 Å². The molecule has 0 aliphatic carbocycles. The van der Waals surface area contributed by atoms with Gasteiger partial charge in [0.1, 0.15) is 0 Å². The molecule has 0 atom stereocenters. The van der Waals surface area contributed by atoms with Gasteiger partial charge in [0.2, 0.25) is 0 Å². The third-order valence-electron chi connectivity index (χ3n) is 5.17. The van der Waals surface area contributed by atoms with Crippen molar-refractivity contribution in [3.05, 3.63) is 59.7 Å². The van der Waals surface area contributed by atoms with Crippen LogP contribution in [0.2, 0.25) is 0 Å². The van der Waals surface area contributed by atoms with Crippen molar-refractivity contribution in [2.24, 2.45) is 0 Å². The van der Waals surface area contributed by atoms with Crippen LogP contribution in [0.4, 0.5) is 5.69 Å². The minimum absolute atomic E-state index is 0.00282. The van der Waals surface area contributed by atoms with Crippen molar-refractivity contribution in [3.63, 3.8) is 0 Å². The van der Waals surface area contributed by atoms with Crippen molar-refractivity contribution in [2.45, 2.75) is 24.2 Å². The molecule has 1 amide bonds. The zero-order valence-electron chi connectivity index (χ0n) is 17.8. The number of carbonyl (C=O) groups is 2. The summed E-state index contributed by atoms with van der Waals surface area (Å²) in [6.07, 6.45) is 0.780. The quantitative estimate of drug-likeness (QED) is 0.518. The average molecular weight is 467 g/mol. The third-order valence-corrected chi connectivity index (χ3v) is 6.98. The van der Waals surface area contributed by atoms with Crippen LogP contribution in [0, 0.1) is 22.7 Å². The SMILES string of the molecule is N#CCCN(CCC#N)C(=O)COC(=O)c1cccc(S(=O)(=O)N2CCc3ccccc32)c1. The van der Waals surface area contributed by atoms with Crippen LogP contribution in [0.15, 0.2) is 53.4 Å². The number of amides is 1. The first kappa shape index (κ1) is 23.8. The molecule has 0 unspecified atom stereocenters. The van der Waals surface area contributed by atoms with Gasteiger partial charge in [0.15, 0.2) is 6.61 Å². The smallest absolute Gasteiger partial charge is 0.338 e. The minimum Gasteiger partial charge on any atom is -0.452 e. The normalized spacial score (nSPS) is 12.4. The lowest BCUT2D eigenvalue weighted by molar-refractivity contribution is -0.134. The molecule has 33 heavy (non-hydrogen) atoms. The van der Waals surface area contributed by atoms with Crippen molar-refractivity contribution < 1.29 is 22.7 Å². The second kappa shape index (κ2) is 10.6. The van der Waals surface area contributed by atoms with Gasteiger partial charge in [0.25, 0.3) is 15.9 Å². The van der Waals surface area contributed by atoms with Crippen molar-refractivity contribution in [1.29, 1.82) is 10.5 Å². The summed E-state index contributed by atoms with van der Waals surface area (Å²) < 4.78 is 32.8. The topological polar surface area (TPSA) is 132 Å². The number of anilines is 1. The molecule has 1 aliphatic rings. The molecular formula is C23H22N4O5S. The summed E-state index contributed by atoms with van der Waals surface area (Å²) in [5.74, 6) is -1.38. The van der Waals surface area contributed by atoms with E-state index < -0.39 is 28.5 Å². The third kappa shape index (κ3) is 5.48. The molecule has 1 heterocycles. The lowest BCUT2D eigenvalue weighted by Crippen LogP contribution is -2.36. The van der Waals surface area contributed by atoms with Gasteiger partial charge < -0.3 is 9.64 Å². The Bertz CT molecular complexity index is 1210. The molecule has 0 N–H and O–H groups in total. The molecule has 0 saturated carbocycles. The van der Waals surface area contributed by atoms with E-state index in [9.17, 15) is 18.0 Å². The summed E-state index contributed by atoms with van der Waals surface area (Å²) in [5.41, 5.74) is 1.55. The molecule has 0 radical (unpaired) electrons. The molecule has 0 bridgehead atoms. The van der Waals surface area contributed by atoms with E-state index in [2.05, 4.69) is 0 Å². The van der Waals surface area contributed by atoms with Crippen LogP contribution in [-0.4, -0.2) is 51.4 Å². The second-order valence-corrected chi connectivity index (χ2v) is 9.12. The molecule has 2 aromatic carbocycles. The van der Waals surface area contributed by atoms with E-state index >= 15 is 0 Å². The van der Waals surface area contributed by atoms with E-state index in [0.29, 0.717) is 18.7 Å². The van der Waals surface area contributed by atoms with Crippen LogP contribution >= 0.6 is 0 Å². The monoisotopic (exact) mass is 466 g/mol. The molecule has 0 aromatic heterocycles. The lowest BCUT2D eigenvalue weighted by atomic mass is 10.2. The van der Waals surface area contributed by atoms with E-state index in [1.165, 1.54) is 33.5 Å². The summed E-state index contributed by atoms with van der Waals surface area (Å²) in [7, 11) is -3.88. The van der Waals surface area contributed by atoms with Gasteiger partial charge in [-0.25, -0.2) is 13.2 Å². The average Bonchev–Trinajstić information content (AvgIpc) is 3.27. The summed E-state index contributed by atoms with van der Waals surface area (Å²) >= 11 is 0. The van der Waals surface area contributed by atoms with Crippen LogP contribution in [0.3, 0.4) is 0 Å². The predicted molar refractivity (Wildman–Crippen MR) is 118 cm³/mol. The van der Waals surface area contributed by atoms with E-state index in [-0.39, 0.29) is 36.4 Å². The van der Waals surface area contributed by atoms with Gasteiger partial charge in [-0.05, 0) is 36.2 Å². The molecule has 0 spiro atoms. The van der Waals surface area contributed by atoms with E-state index in [0.717, 1.165) is 5.56 Å². The van der Waals surface area contributed by atoms with E-state index in [1.54, 1.807) is 12.1 Å². The van der Waals surface area contributed by atoms with Gasteiger partial charge >= 0.3 is 5.97 Å². The fraction of sp³-hybridized carbons (Fsp3) is 0.304. The highest BCUT2D eigenvalue weighted by Gasteiger charge is 2.31. The number of nitrogens with zero attached hydrogens (tertiary/aromatic N) is 4. The van der Waals surface area contributed by atoms with Crippen LogP contribution in [-0.2, 0) is 26.0 Å². The first-order chi connectivity index (χ1) is 15.9. The molecule has 9 nitrogen and oxygen atoms in total. The molecule has 0 fully saturated rings. The summed E-state index contributed by atoms with van der Waals surface area (Å²) in [6.45, 7) is -0.0164. The first-order valence-electron chi connectivity index (χ1n) is 10.3.